The number of nitrogens with one attached hydrogen (secondary N) is 1. The molecule has 1 heterocycles. The second-order valence-electron chi connectivity index (χ2n) is 2.92. The zero-order valence-corrected chi connectivity index (χ0v) is 8.81. The average molecular weight is 245 g/mol. The van der Waals surface area contributed by atoms with Crippen molar-refractivity contribution in [2.75, 3.05) is 6.61 Å². The smallest absolute Gasteiger partial charge is 0.328 e. The molecule has 7 heteroatoms. The van der Waals surface area contributed by atoms with Gasteiger partial charge in [0.15, 0.2) is 6.04 Å². The van der Waals surface area contributed by atoms with Crippen LogP contribution in [0.25, 0.3) is 0 Å². The summed E-state index contributed by atoms with van der Waals surface area (Å²) in [6.07, 6.45) is 1.22. The van der Waals surface area contributed by atoms with Gasteiger partial charge in [-0.05, 0) is 12.1 Å². The molecule has 6 nitrogen and oxygen atoms in total. The van der Waals surface area contributed by atoms with Gasteiger partial charge in [-0.3, -0.25) is 4.79 Å². The van der Waals surface area contributed by atoms with Gasteiger partial charge in [-0.25, -0.2) is 9.78 Å². The molecule has 0 aliphatic rings. The van der Waals surface area contributed by atoms with E-state index in [-0.39, 0.29) is 10.7 Å². The summed E-state index contributed by atoms with van der Waals surface area (Å²) in [4.78, 5) is 25.7. The van der Waals surface area contributed by atoms with Gasteiger partial charge in [-0.15, -0.1) is 0 Å². The second kappa shape index (κ2) is 5.43. The number of carboxylic acids is 1. The molecular formula is C9H9ClN2O4. The first-order valence-electron chi connectivity index (χ1n) is 4.30. The minimum Gasteiger partial charge on any atom is -0.480 e. The van der Waals surface area contributed by atoms with Crippen LogP contribution in [0.1, 0.15) is 10.4 Å². The molecule has 1 unspecified atom stereocenters. The highest BCUT2D eigenvalue weighted by Crippen LogP contribution is 2.05. The van der Waals surface area contributed by atoms with Gasteiger partial charge in [-0.2, -0.15) is 0 Å². The lowest BCUT2D eigenvalue weighted by atomic mass is 10.2. The Balaban J connectivity index is 2.71. The third kappa shape index (κ3) is 3.18. The average Bonchev–Trinajstić information content (AvgIpc) is 2.26. The number of aliphatic hydroxyl groups excluding tert-OH is 1. The topological polar surface area (TPSA) is 99.5 Å². The Kier molecular flexibility index (Phi) is 4.21. The third-order valence-electron chi connectivity index (χ3n) is 1.78. The Morgan fingerprint density at radius 2 is 2.19 bits per heavy atom. The number of aromatic nitrogens is 1. The predicted octanol–water partition coefficient (Wildman–Crippen LogP) is -0.0897. The fourth-order valence-electron chi connectivity index (χ4n) is 0.937. The van der Waals surface area contributed by atoms with Crippen molar-refractivity contribution in [3.8, 4) is 0 Å². The third-order valence-corrected chi connectivity index (χ3v) is 2.00. The van der Waals surface area contributed by atoms with E-state index >= 15 is 0 Å². The van der Waals surface area contributed by atoms with E-state index in [0.29, 0.717) is 0 Å². The van der Waals surface area contributed by atoms with Crippen LogP contribution in [-0.2, 0) is 4.79 Å². The minimum absolute atomic E-state index is 0.170. The van der Waals surface area contributed by atoms with E-state index in [1.54, 1.807) is 0 Å². The zero-order chi connectivity index (χ0) is 12.1. The number of amides is 1. The van der Waals surface area contributed by atoms with Crippen molar-refractivity contribution in [2.24, 2.45) is 0 Å². The number of aliphatic hydroxyl groups is 1. The van der Waals surface area contributed by atoms with Gasteiger partial charge < -0.3 is 15.5 Å². The van der Waals surface area contributed by atoms with Crippen molar-refractivity contribution in [3.63, 3.8) is 0 Å². The van der Waals surface area contributed by atoms with Crippen LogP contribution in [0.4, 0.5) is 0 Å². The van der Waals surface area contributed by atoms with Crippen LogP contribution in [0.15, 0.2) is 18.3 Å². The van der Waals surface area contributed by atoms with Crippen LogP contribution in [-0.4, -0.2) is 39.7 Å². The molecule has 3 N–H and O–H groups in total. The SMILES string of the molecule is O=C(NC(CO)C(=O)O)c1ccc(Cl)nc1. The molecule has 1 rings (SSSR count). The van der Waals surface area contributed by atoms with Crippen LogP contribution in [0.5, 0.6) is 0 Å². The van der Waals surface area contributed by atoms with E-state index < -0.39 is 24.5 Å². The molecule has 16 heavy (non-hydrogen) atoms. The molecule has 0 radical (unpaired) electrons. The van der Waals surface area contributed by atoms with Crippen molar-refractivity contribution < 1.29 is 19.8 Å². The fourth-order valence-corrected chi connectivity index (χ4v) is 1.05. The largest absolute Gasteiger partial charge is 0.480 e. The summed E-state index contributed by atoms with van der Waals surface area (Å²) in [6, 6.07) is 1.48. The summed E-state index contributed by atoms with van der Waals surface area (Å²) in [7, 11) is 0. The first-order chi connectivity index (χ1) is 7.54. The number of carbonyl (C=O) groups excluding carboxylic acids is 1. The van der Waals surface area contributed by atoms with E-state index in [1.807, 2.05) is 0 Å². The van der Waals surface area contributed by atoms with Gasteiger partial charge in [0.05, 0.1) is 12.2 Å². The first-order valence-corrected chi connectivity index (χ1v) is 4.68. The number of nitrogens with zero attached hydrogens (tertiary/aromatic N) is 1. The van der Waals surface area contributed by atoms with Gasteiger partial charge >= 0.3 is 5.97 Å². The molecule has 0 aliphatic carbocycles. The van der Waals surface area contributed by atoms with E-state index in [4.69, 9.17) is 21.8 Å². The maximum absolute atomic E-state index is 11.5. The Labute approximate surface area is 95.9 Å². The number of rotatable bonds is 4. The molecule has 0 saturated heterocycles. The maximum Gasteiger partial charge on any atom is 0.328 e. The number of halogens is 1. The summed E-state index contributed by atoms with van der Waals surface area (Å²) in [5, 5.41) is 19.7. The Bertz CT molecular complexity index is 393. The molecule has 0 spiro atoms. The number of pyridine rings is 1. The maximum atomic E-state index is 11.5. The Morgan fingerprint density at radius 1 is 1.50 bits per heavy atom. The van der Waals surface area contributed by atoms with Crippen LogP contribution in [0, 0.1) is 0 Å². The van der Waals surface area contributed by atoms with Gasteiger partial charge in [0, 0.05) is 6.20 Å². The number of aliphatic carboxylic acids is 1. The van der Waals surface area contributed by atoms with Crippen molar-refractivity contribution >= 4 is 23.5 Å². The van der Waals surface area contributed by atoms with Gasteiger partial charge in [0.2, 0.25) is 0 Å². The van der Waals surface area contributed by atoms with Gasteiger partial charge in [0.1, 0.15) is 5.15 Å². The quantitative estimate of drug-likeness (QED) is 0.643. The zero-order valence-electron chi connectivity index (χ0n) is 8.05. The Hall–Kier alpha value is -1.66. The van der Waals surface area contributed by atoms with Crippen molar-refractivity contribution in [1.82, 2.24) is 10.3 Å². The number of hydrogen-bond donors (Lipinski definition) is 3. The lowest BCUT2D eigenvalue weighted by molar-refractivity contribution is -0.140. The highest BCUT2D eigenvalue weighted by Gasteiger charge is 2.19. The van der Waals surface area contributed by atoms with Crippen molar-refractivity contribution in [2.45, 2.75) is 6.04 Å². The van der Waals surface area contributed by atoms with E-state index in [1.165, 1.54) is 18.3 Å². The van der Waals surface area contributed by atoms with Gasteiger partial charge in [-0.1, -0.05) is 11.6 Å². The molecule has 0 bridgehead atoms. The van der Waals surface area contributed by atoms with Crippen molar-refractivity contribution in [1.29, 1.82) is 0 Å². The number of hydrogen-bond acceptors (Lipinski definition) is 4. The van der Waals surface area contributed by atoms with Crippen LogP contribution >= 0.6 is 11.6 Å². The monoisotopic (exact) mass is 244 g/mol. The molecule has 0 fully saturated rings. The van der Waals surface area contributed by atoms with Crippen LogP contribution < -0.4 is 5.32 Å². The fraction of sp³-hybridized carbons (Fsp3) is 0.222. The summed E-state index contributed by atoms with van der Waals surface area (Å²) in [5.74, 6) is -1.94. The lowest BCUT2D eigenvalue weighted by Gasteiger charge is -2.11. The highest BCUT2D eigenvalue weighted by atomic mass is 35.5. The van der Waals surface area contributed by atoms with E-state index in [0.717, 1.165) is 0 Å². The highest BCUT2D eigenvalue weighted by molar-refractivity contribution is 6.29. The standard InChI is InChI=1S/C9H9ClN2O4/c10-7-2-1-5(3-11-7)8(14)12-6(4-13)9(15)16/h1-3,6,13H,4H2,(H,12,14)(H,15,16). The minimum atomic E-state index is -1.33. The van der Waals surface area contributed by atoms with Crippen molar-refractivity contribution in [3.05, 3.63) is 29.0 Å². The normalized spacial score (nSPS) is 11.9. The molecule has 86 valence electrons. The van der Waals surface area contributed by atoms with Crippen LogP contribution in [0.2, 0.25) is 5.15 Å². The molecule has 1 aromatic rings. The summed E-state index contributed by atoms with van der Waals surface area (Å²) in [5.41, 5.74) is 0.170. The Morgan fingerprint density at radius 3 is 2.62 bits per heavy atom. The van der Waals surface area contributed by atoms with E-state index in [2.05, 4.69) is 10.3 Å². The summed E-state index contributed by atoms with van der Waals surface area (Å²) in [6.45, 7) is -0.678. The second-order valence-corrected chi connectivity index (χ2v) is 3.30. The van der Waals surface area contributed by atoms with Crippen LogP contribution in [0.3, 0.4) is 0 Å². The number of carboxylic acid groups (broad SMARTS) is 1. The molecule has 0 aliphatic heterocycles. The summed E-state index contributed by atoms with van der Waals surface area (Å²) >= 11 is 5.52. The molecular weight excluding hydrogens is 236 g/mol. The molecule has 1 aromatic heterocycles. The molecule has 0 saturated carbocycles. The van der Waals surface area contributed by atoms with Gasteiger partial charge in [0.25, 0.3) is 5.91 Å². The molecule has 0 aromatic carbocycles. The van der Waals surface area contributed by atoms with E-state index in [9.17, 15) is 9.59 Å². The number of carbonyl (C=O) groups is 2. The lowest BCUT2D eigenvalue weighted by Crippen LogP contribution is -2.43. The summed E-state index contributed by atoms with van der Waals surface area (Å²) < 4.78 is 0. The predicted molar refractivity (Wildman–Crippen MR) is 55.2 cm³/mol. The molecule has 1 amide bonds. The molecule has 1 atom stereocenters. The first kappa shape index (κ1) is 12.4.